The van der Waals surface area contributed by atoms with Crippen LogP contribution in [0.1, 0.15) is 44.6 Å². The third kappa shape index (κ3) is 2.60. The second kappa shape index (κ2) is 5.40. The third-order valence-corrected chi connectivity index (χ3v) is 4.06. The number of carbonyl (C=O) groups is 1. The van der Waals surface area contributed by atoms with Crippen molar-refractivity contribution < 1.29 is 9.18 Å². The van der Waals surface area contributed by atoms with Gasteiger partial charge in [0.05, 0.1) is 5.56 Å². The maximum absolute atomic E-state index is 13.2. The number of anilines is 1. The fraction of sp³-hybridized carbons (Fsp3) is 0.467. The van der Waals surface area contributed by atoms with Crippen LogP contribution in [0.5, 0.6) is 0 Å². The molecule has 1 aromatic rings. The molecule has 1 amide bonds. The van der Waals surface area contributed by atoms with Gasteiger partial charge in [0.25, 0.3) is 0 Å². The number of hydrogen-bond acceptors (Lipinski definition) is 2. The van der Waals surface area contributed by atoms with Crippen molar-refractivity contribution in [1.29, 1.82) is 5.26 Å². The lowest BCUT2D eigenvalue weighted by Gasteiger charge is -2.26. The van der Waals surface area contributed by atoms with Gasteiger partial charge in [-0.2, -0.15) is 5.26 Å². The number of nitrogens with one attached hydrogen (secondary N) is 1. The average molecular weight is 260 g/mol. The Hall–Kier alpha value is -1.89. The summed E-state index contributed by atoms with van der Waals surface area (Å²) in [6.45, 7) is 2.02. The van der Waals surface area contributed by atoms with E-state index in [-0.39, 0.29) is 16.9 Å². The van der Waals surface area contributed by atoms with E-state index in [2.05, 4.69) is 5.32 Å². The van der Waals surface area contributed by atoms with Crippen molar-refractivity contribution in [3.8, 4) is 6.07 Å². The van der Waals surface area contributed by atoms with Crippen molar-refractivity contribution in [3.05, 3.63) is 29.6 Å². The highest BCUT2D eigenvalue weighted by molar-refractivity contribution is 5.95. The van der Waals surface area contributed by atoms with Gasteiger partial charge in [0.2, 0.25) is 5.91 Å². The number of nitriles is 1. The van der Waals surface area contributed by atoms with E-state index in [9.17, 15) is 9.18 Å². The van der Waals surface area contributed by atoms with Crippen LogP contribution in [0.2, 0.25) is 0 Å². The number of rotatable bonds is 3. The molecule has 0 aliphatic heterocycles. The summed E-state index contributed by atoms with van der Waals surface area (Å²) < 4.78 is 13.2. The molecule has 0 unspecified atom stereocenters. The molecule has 1 aliphatic carbocycles. The van der Waals surface area contributed by atoms with Crippen LogP contribution < -0.4 is 5.32 Å². The molecule has 0 heterocycles. The summed E-state index contributed by atoms with van der Waals surface area (Å²) in [6.07, 6.45) is 4.77. The first kappa shape index (κ1) is 13.5. The van der Waals surface area contributed by atoms with E-state index in [1.807, 2.05) is 6.92 Å². The van der Waals surface area contributed by atoms with Crippen LogP contribution in [0.3, 0.4) is 0 Å². The molecule has 4 heteroatoms. The highest BCUT2D eigenvalue weighted by atomic mass is 19.1. The van der Waals surface area contributed by atoms with E-state index < -0.39 is 5.82 Å². The molecular formula is C15H17FN2O. The third-order valence-electron chi connectivity index (χ3n) is 4.06. The SMILES string of the molecule is CCC1(C(=O)Nc2ccc(F)c(C#N)c2)CCCC1. The molecule has 0 saturated heterocycles. The monoisotopic (exact) mass is 260 g/mol. The lowest BCUT2D eigenvalue weighted by Crippen LogP contribution is -2.33. The number of benzene rings is 1. The molecular weight excluding hydrogens is 243 g/mol. The Balaban J connectivity index is 2.17. The van der Waals surface area contributed by atoms with Crippen LogP contribution in [0.15, 0.2) is 18.2 Å². The Bertz CT molecular complexity index is 527. The smallest absolute Gasteiger partial charge is 0.230 e. The zero-order valence-electron chi connectivity index (χ0n) is 11.0. The second-order valence-electron chi connectivity index (χ2n) is 5.10. The van der Waals surface area contributed by atoms with Crippen molar-refractivity contribution in [2.75, 3.05) is 5.32 Å². The lowest BCUT2D eigenvalue weighted by molar-refractivity contribution is -0.125. The molecule has 1 aromatic carbocycles. The minimum absolute atomic E-state index is 0.0111. The van der Waals surface area contributed by atoms with E-state index in [1.165, 1.54) is 18.2 Å². The maximum atomic E-state index is 13.2. The average Bonchev–Trinajstić information content (AvgIpc) is 2.91. The van der Waals surface area contributed by atoms with Gasteiger partial charge in [-0.3, -0.25) is 4.79 Å². The summed E-state index contributed by atoms with van der Waals surface area (Å²) in [4.78, 5) is 12.4. The maximum Gasteiger partial charge on any atom is 0.230 e. The fourth-order valence-corrected chi connectivity index (χ4v) is 2.75. The molecule has 2 rings (SSSR count). The Labute approximate surface area is 112 Å². The molecule has 1 N–H and O–H groups in total. The van der Waals surface area contributed by atoms with Crippen LogP contribution in [0.4, 0.5) is 10.1 Å². The van der Waals surface area contributed by atoms with Gasteiger partial charge >= 0.3 is 0 Å². The molecule has 0 aromatic heterocycles. The minimum Gasteiger partial charge on any atom is -0.326 e. The van der Waals surface area contributed by atoms with Gasteiger partial charge in [-0.05, 0) is 37.5 Å². The minimum atomic E-state index is -0.563. The van der Waals surface area contributed by atoms with Crippen molar-refractivity contribution in [2.45, 2.75) is 39.0 Å². The molecule has 0 radical (unpaired) electrons. The van der Waals surface area contributed by atoms with Gasteiger partial charge in [-0.25, -0.2) is 4.39 Å². The Morgan fingerprint density at radius 1 is 1.47 bits per heavy atom. The molecule has 100 valence electrons. The molecule has 0 bridgehead atoms. The van der Waals surface area contributed by atoms with Crippen molar-refractivity contribution in [2.24, 2.45) is 5.41 Å². The summed E-state index contributed by atoms with van der Waals surface area (Å²) >= 11 is 0. The summed E-state index contributed by atoms with van der Waals surface area (Å²) in [7, 11) is 0. The van der Waals surface area contributed by atoms with Gasteiger partial charge in [0.1, 0.15) is 11.9 Å². The molecule has 0 spiro atoms. The zero-order valence-corrected chi connectivity index (χ0v) is 11.0. The predicted molar refractivity (Wildman–Crippen MR) is 70.9 cm³/mol. The number of amides is 1. The molecule has 3 nitrogen and oxygen atoms in total. The molecule has 1 fully saturated rings. The number of hydrogen-bond donors (Lipinski definition) is 1. The van der Waals surface area contributed by atoms with Gasteiger partial charge in [0.15, 0.2) is 0 Å². The first-order chi connectivity index (χ1) is 9.11. The highest BCUT2D eigenvalue weighted by Gasteiger charge is 2.39. The quantitative estimate of drug-likeness (QED) is 0.902. The van der Waals surface area contributed by atoms with Crippen LogP contribution in [-0.2, 0) is 4.79 Å². The summed E-state index contributed by atoms with van der Waals surface area (Å²) in [5.74, 6) is -0.574. The first-order valence-corrected chi connectivity index (χ1v) is 6.62. The lowest BCUT2D eigenvalue weighted by atomic mass is 9.82. The van der Waals surface area contributed by atoms with Gasteiger partial charge in [0, 0.05) is 11.1 Å². The fourth-order valence-electron chi connectivity index (χ4n) is 2.75. The van der Waals surface area contributed by atoms with Crippen molar-refractivity contribution in [3.63, 3.8) is 0 Å². The van der Waals surface area contributed by atoms with Gasteiger partial charge in [-0.15, -0.1) is 0 Å². The van der Waals surface area contributed by atoms with Crippen LogP contribution in [0, 0.1) is 22.6 Å². The Kier molecular flexibility index (Phi) is 3.84. The highest BCUT2D eigenvalue weighted by Crippen LogP contribution is 2.41. The van der Waals surface area contributed by atoms with Crippen LogP contribution >= 0.6 is 0 Å². The molecule has 0 atom stereocenters. The molecule has 19 heavy (non-hydrogen) atoms. The van der Waals surface area contributed by atoms with Crippen LogP contribution in [0.25, 0.3) is 0 Å². The molecule has 1 saturated carbocycles. The summed E-state index contributed by atoms with van der Waals surface area (Å²) in [6, 6.07) is 5.86. The number of nitrogens with zero attached hydrogens (tertiary/aromatic N) is 1. The number of carbonyl (C=O) groups excluding carboxylic acids is 1. The summed E-state index contributed by atoms with van der Waals surface area (Å²) in [5.41, 5.74) is 0.152. The van der Waals surface area contributed by atoms with Crippen molar-refractivity contribution >= 4 is 11.6 Å². The normalized spacial score (nSPS) is 16.9. The molecule has 1 aliphatic rings. The van der Waals surface area contributed by atoms with E-state index in [0.29, 0.717) is 5.69 Å². The topological polar surface area (TPSA) is 52.9 Å². The van der Waals surface area contributed by atoms with E-state index in [0.717, 1.165) is 32.1 Å². The van der Waals surface area contributed by atoms with Crippen LogP contribution in [-0.4, -0.2) is 5.91 Å². The Morgan fingerprint density at radius 2 is 2.16 bits per heavy atom. The van der Waals surface area contributed by atoms with E-state index in [4.69, 9.17) is 5.26 Å². The Morgan fingerprint density at radius 3 is 2.74 bits per heavy atom. The standard InChI is InChI=1S/C15H17FN2O/c1-2-15(7-3-4-8-15)14(19)18-12-5-6-13(16)11(9-12)10-17/h5-6,9H,2-4,7-8H2,1H3,(H,18,19). The predicted octanol–water partition coefficient (Wildman–Crippen LogP) is 3.61. The zero-order chi connectivity index (χ0) is 13.9. The van der Waals surface area contributed by atoms with Gasteiger partial charge in [-0.1, -0.05) is 19.8 Å². The van der Waals surface area contributed by atoms with E-state index >= 15 is 0 Å². The van der Waals surface area contributed by atoms with E-state index in [1.54, 1.807) is 6.07 Å². The van der Waals surface area contributed by atoms with Gasteiger partial charge < -0.3 is 5.32 Å². The number of halogens is 1. The second-order valence-corrected chi connectivity index (χ2v) is 5.10. The largest absolute Gasteiger partial charge is 0.326 e. The first-order valence-electron chi connectivity index (χ1n) is 6.62. The van der Waals surface area contributed by atoms with Crippen molar-refractivity contribution in [1.82, 2.24) is 0 Å². The summed E-state index contributed by atoms with van der Waals surface area (Å²) in [5, 5.41) is 11.6.